The van der Waals surface area contributed by atoms with Crippen LogP contribution >= 0.6 is 0 Å². The molecule has 0 aliphatic rings. The maximum Gasteiger partial charge on any atom is 0.159 e. The zero-order chi connectivity index (χ0) is 13.8. The monoisotopic (exact) mass is 262 g/mol. The summed E-state index contributed by atoms with van der Waals surface area (Å²) in [6.07, 6.45) is 1.33. The third-order valence-corrected chi connectivity index (χ3v) is 2.49. The number of benzene rings is 1. The van der Waals surface area contributed by atoms with Gasteiger partial charge in [-0.2, -0.15) is 0 Å². The van der Waals surface area contributed by atoms with Crippen LogP contribution in [0.3, 0.4) is 0 Å². The zero-order valence-electron chi connectivity index (χ0n) is 10.0. The largest absolute Gasteiger partial charge is 0.384 e. The molecule has 0 radical (unpaired) electrons. The number of nitrogens with zero attached hydrogens (tertiary/aromatic N) is 2. The van der Waals surface area contributed by atoms with E-state index in [2.05, 4.69) is 21.9 Å². The number of nitrogens with two attached hydrogens (primary N) is 1. The molecule has 0 aliphatic heterocycles. The normalized spacial score (nSPS) is 10.2. The third-order valence-electron chi connectivity index (χ3n) is 2.49. The fraction of sp³-hybridized carbons (Fsp3) is 0.0769. The molecule has 0 atom stereocenters. The second kappa shape index (κ2) is 5.43. The molecule has 0 unspecified atom stereocenters. The standard InChI is InChI=1S/C13H12F2N4/c1-8(12-5-13(16)19-7-18-12)17-6-9-2-3-10(14)11(15)4-9/h2-5,7,17H,1,6H2,(H2,16,18,19). The van der Waals surface area contributed by atoms with Crippen molar-refractivity contribution in [2.24, 2.45) is 0 Å². The first kappa shape index (κ1) is 12.9. The lowest BCUT2D eigenvalue weighted by atomic mass is 10.2. The van der Waals surface area contributed by atoms with Crippen molar-refractivity contribution >= 4 is 11.5 Å². The molecule has 98 valence electrons. The van der Waals surface area contributed by atoms with Crippen LogP contribution in [0.1, 0.15) is 11.3 Å². The van der Waals surface area contributed by atoms with E-state index in [9.17, 15) is 8.78 Å². The Kier molecular flexibility index (Phi) is 3.70. The highest BCUT2D eigenvalue weighted by atomic mass is 19.2. The van der Waals surface area contributed by atoms with Gasteiger partial charge in [0.25, 0.3) is 0 Å². The van der Waals surface area contributed by atoms with E-state index in [1.165, 1.54) is 12.4 Å². The molecule has 0 spiro atoms. The first-order valence-corrected chi connectivity index (χ1v) is 5.51. The molecule has 0 saturated heterocycles. The van der Waals surface area contributed by atoms with Gasteiger partial charge in [-0.1, -0.05) is 12.6 Å². The fourth-order valence-corrected chi connectivity index (χ4v) is 1.49. The van der Waals surface area contributed by atoms with Crippen LogP contribution in [0.5, 0.6) is 0 Å². The van der Waals surface area contributed by atoms with Gasteiger partial charge in [0.05, 0.1) is 11.4 Å². The minimum atomic E-state index is -0.879. The Bertz CT molecular complexity index is 613. The van der Waals surface area contributed by atoms with Crippen molar-refractivity contribution < 1.29 is 8.78 Å². The first-order valence-electron chi connectivity index (χ1n) is 5.51. The van der Waals surface area contributed by atoms with Crippen LogP contribution in [0.15, 0.2) is 37.2 Å². The van der Waals surface area contributed by atoms with E-state index in [0.717, 1.165) is 12.1 Å². The maximum atomic E-state index is 13.0. The first-order chi connectivity index (χ1) is 9.06. The summed E-state index contributed by atoms with van der Waals surface area (Å²) in [5.41, 5.74) is 7.21. The summed E-state index contributed by atoms with van der Waals surface area (Å²) in [7, 11) is 0. The quantitative estimate of drug-likeness (QED) is 0.885. The second-order valence-corrected chi connectivity index (χ2v) is 3.91. The number of hydrogen-bond donors (Lipinski definition) is 2. The fourth-order valence-electron chi connectivity index (χ4n) is 1.49. The predicted molar refractivity (Wildman–Crippen MR) is 68.7 cm³/mol. The Balaban J connectivity index is 2.02. The molecule has 0 fully saturated rings. The van der Waals surface area contributed by atoms with Gasteiger partial charge in [-0.25, -0.2) is 18.7 Å². The number of halogens is 2. The topological polar surface area (TPSA) is 63.8 Å². The van der Waals surface area contributed by atoms with Gasteiger partial charge < -0.3 is 11.1 Å². The van der Waals surface area contributed by atoms with Crippen LogP contribution in [0, 0.1) is 11.6 Å². The highest BCUT2D eigenvalue weighted by molar-refractivity contribution is 5.59. The van der Waals surface area contributed by atoms with Crippen LogP contribution in [0.4, 0.5) is 14.6 Å². The van der Waals surface area contributed by atoms with E-state index in [0.29, 0.717) is 29.3 Å². The molecule has 1 heterocycles. The molecule has 2 aromatic rings. The summed E-state index contributed by atoms with van der Waals surface area (Å²) in [5, 5.41) is 2.96. The summed E-state index contributed by atoms with van der Waals surface area (Å²) >= 11 is 0. The SMILES string of the molecule is C=C(NCc1ccc(F)c(F)c1)c1cc(N)ncn1. The van der Waals surface area contributed by atoms with Gasteiger partial charge in [-0.3, -0.25) is 0 Å². The number of aromatic nitrogens is 2. The smallest absolute Gasteiger partial charge is 0.159 e. The van der Waals surface area contributed by atoms with Crippen molar-refractivity contribution in [3.63, 3.8) is 0 Å². The van der Waals surface area contributed by atoms with Crippen molar-refractivity contribution in [2.45, 2.75) is 6.54 Å². The zero-order valence-corrected chi connectivity index (χ0v) is 10.0. The van der Waals surface area contributed by atoms with Gasteiger partial charge in [0, 0.05) is 12.6 Å². The van der Waals surface area contributed by atoms with Gasteiger partial charge in [0.2, 0.25) is 0 Å². The van der Waals surface area contributed by atoms with Crippen molar-refractivity contribution in [1.29, 1.82) is 0 Å². The highest BCUT2D eigenvalue weighted by Crippen LogP contribution is 2.11. The molecule has 0 amide bonds. The van der Waals surface area contributed by atoms with E-state index < -0.39 is 11.6 Å². The van der Waals surface area contributed by atoms with Crippen LogP contribution < -0.4 is 11.1 Å². The molecular formula is C13H12F2N4. The van der Waals surface area contributed by atoms with Crippen molar-refractivity contribution in [2.75, 3.05) is 5.73 Å². The average molecular weight is 262 g/mol. The van der Waals surface area contributed by atoms with Crippen LogP contribution in [-0.4, -0.2) is 9.97 Å². The molecule has 0 bridgehead atoms. The summed E-state index contributed by atoms with van der Waals surface area (Å²) in [6.45, 7) is 4.10. The van der Waals surface area contributed by atoms with Crippen LogP contribution in [0.2, 0.25) is 0 Å². The number of nitrogens with one attached hydrogen (secondary N) is 1. The van der Waals surface area contributed by atoms with E-state index in [4.69, 9.17) is 5.73 Å². The molecule has 2 rings (SSSR count). The molecule has 4 nitrogen and oxygen atoms in total. The number of rotatable bonds is 4. The van der Waals surface area contributed by atoms with Crippen molar-refractivity contribution in [1.82, 2.24) is 15.3 Å². The molecule has 19 heavy (non-hydrogen) atoms. The van der Waals surface area contributed by atoms with E-state index in [-0.39, 0.29) is 0 Å². The Morgan fingerprint density at radius 3 is 2.68 bits per heavy atom. The predicted octanol–water partition coefficient (Wildman–Crippen LogP) is 2.10. The van der Waals surface area contributed by atoms with E-state index in [1.807, 2.05) is 0 Å². The Labute approximate surface area is 109 Å². The minimum absolute atomic E-state index is 0.305. The Morgan fingerprint density at radius 1 is 1.21 bits per heavy atom. The lowest BCUT2D eigenvalue weighted by Crippen LogP contribution is -2.12. The molecule has 0 aliphatic carbocycles. The van der Waals surface area contributed by atoms with Gasteiger partial charge in [0.1, 0.15) is 12.1 Å². The molecule has 3 N–H and O–H groups in total. The van der Waals surface area contributed by atoms with Crippen molar-refractivity contribution in [3.05, 3.63) is 60.1 Å². The Hall–Kier alpha value is -2.50. The average Bonchev–Trinajstić information content (AvgIpc) is 2.40. The van der Waals surface area contributed by atoms with Crippen molar-refractivity contribution in [3.8, 4) is 0 Å². The van der Waals surface area contributed by atoms with E-state index >= 15 is 0 Å². The maximum absolute atomic E-state index is 13.0. The molecule has 6 heteroatoms. The highest BCUT2D eigenvalue weighted by Gasteiger charge is 2.04. The van der Waals surface area contributed by atoms with Gasteiger partial charge in [-0.05, 0) is 17.7 Å². The lowest BCUT2D eigenvalue weighted by Gasteiger charge is -2.09. The lowest BCUT2D eigenvalue weighted by molar-refractivity contribution is 0.507. The van der Waals surface area contributed by atoms with Crippen LogP contribution in [-0.2, 0) is 6.54 Å². The molecular weight excluding hydrogens is 250 g/mol. The third kappa shape index (κ3) is 3.25. The summed E-state index contributed by atoms with van der Waals surface area (Å²) < 4.78 is 25.8. The van der Waals surface area contributed by atoms with Gasteiger partial charge in [0.15, 0.2) is 11.6 Å². The summed E-state index contributed by atoms with van der Waals surface area (Å²) in [6, 6.07) is 5.27. The second-order valence-electron chi connectivity index (χ2n) is 3.91. The summed E-state index contributed by atoms with van der Waals surface area (Å²) in [4.78, 5) is 7.76. The minimum Gasteiger partial charge on any atom is -0.384 e. The molecule has 0 saturated carbocycles. The number of hydrogen-bond acceptors (Lipinski definition) is 4. The Morgan fingerprint density at radius 2 is 2.00 bits per heavy atom. The number of nitrogen functional groups attached to an aromatic ring is 1. The summed E-state index contributed by atoms with van der Waals surface area (Å²) in [5.74, 6) is -1.41. The van der Waals surface area contributed by atoms with Crippen LogP contribution in [0.25, 0.3) is 5.70 Å². The molecule has 1 aromatic carbocycles. The van der Waals surface area contributed by atoms with E-state index in [1.54, 1.807) is 6.07 Å². The van der Waals surface area contributed by atoms with Gasteiger partial charge in [-0.15, -0.1) is 0 Å². The number of anilines is 1. The molecule has 1 aromatic heterocycles. The van der Waals surface area contributed by atoms with Gasteiger partial charge >= 0.3 is 0 Å².